The number of sulfone groups is 1. The molecule has 1 aromatic carbocycles. The molecule has 1 saturated heterocycles. The van der Waals surface area contributed by atoms with Crippen molar-refractivity contribution in [3.05, 3.63) is 29.8 Å². The highest BCUT2D eigenvalue weighted by molar-refractivity contribution is 14.0. The summed E-state index contributed by atoms with van der Waals surface area (Å²) in [7, 11) is -1.41. The quantitative estimate of drug-likeness (QED) is 0.352. The Hall–Kier alpha value is -0.870. The summed E-state index contributed by atoms with van der Waals surface area (Å²) in [4.78, 5) is 4.62. The molecule has 0 amide bonds. The topological polar surface area (TPSA) is 79.8 Å². The maximum atomic E-state index is 11.5. The standard InChI is InChI=1S/C20H33N3O3S.HI/c1-20(2,3)18-16(7-6-12-26-18)14-23-19(21-4)22-13-15-8-10-17(11-9-15)27(5,24)25;/h8-11,16,18H,6-7,12-14H2,1-5H3,(H2,21,22,23);1H. The Morgan fingerprint density at radius 2 is 1.86 bits per heavy atom. The second kappa shape index (κ2) is 10.8. The molecule has 0 bridgehead atoms. The van der Waals surface area contributed by atoms with E-state index in [1.165, 1.54) is 6.26 Å². The molecule has 0 radical (unpaired) electrons. The van der Waals surface area contributed by atoms with Crippen LogP contribution in [0.15, 0.2) is 34.2 Å². The van der Waals surface area contributed by atoms with Gasteiger partial charge in [-0.25, -0.2) is 8.42 Å². The van der Waals surface area contributed by atoms with Crippen LogP contribution in [0.1, 0.15) is 39.2 Å². The summed E-state index contributed by atoms with van der Waals surface area (Å²) in [5.74, 6) is 1.19. The van der Waals surface area contributed by atoms with Gasteiger partial charge in [-0.1, -0.05) is 32.9 Å². The Morgan fingerprint density at radius 3 is 2.39 bits per heavy atom. The number of aliphatic imine (C=N–C) groups is 1. The highest BCUT2D eigenvalue weighted by atomic mass is 127. The van der Waals surface area contributed by atoms with E-state index in [1.54, 1.807) is 19.2 Å². The molecule has 0 spiro atoms. The Bertz CT molecular complexity index is 743. The highest BCUT2D eigenvalue weighted by Crippen LogP contribution is 2.33. The fourth-order valence-corrected chi connectivity index (χ4v) is 4.13. The van der Waals surface area contributed by atoms with Crippen LogP contribution in [-0.4, -0.2) is 46.9 Å². The van der Waals surface area contributed by atoms with E-state index in [0.29, 0.717) is 17.4 Å². The van der Waals surface area contributed by atoms with Gasteiger partial charge in [0.15, 0.2) is 15.8 Å². The van der Waals surface area contributed by atoms with E-state index in [1.807, 2.05) is 12.1 Å². The number of guanidine groups is 1. The fraction of sp³-hybridized carbons (Fsp3) is 0.650. The molecular weight excluding hydrogens is 489 g/mol. The van der Waals surface area contributed by atoms with Crippen LogP contribution < -0.4 is 10.6 Å². The lowest BCUT2D eigenvalue weighted by atomic mass is 9.78. The minimum absolute atomic E-state index is 0. The largest absolute Gasteiger partial charge is 0.377 e. The highest BCUT2D eigenvalue weighted by Gasteiger charge is 2.35. The van der Waals surface area contributed by atoms with Crippen LogP contribution >= 0.6 is 24.0 Å². The molecular formula is C20H34IN3O3S. The summed E-state index contributed by atoms with van der Waals surface area (Å²) in [6.07, 6.45) is 3.70. The number of ether oxygens (including phenoxy) is 1. The van der Waals surface area contributed by atoms with Crippen molar-refractivity contribution in [1.29, 1.82) is 0 Å². The van der Waals surface area contributed by atoms with Crippen LogP contribution in [0.3, 0.4) is 0 Å². The third-order valence-corrected chi connectivity index (χ3v) is 5.99. The number of rotatable bonds is 5. The van der Waals surface area contributed by atoms with Gasteiger partial charge < -0.3 is 15.4 Å². The predicted octanol–water partition coefficient (Wildman–Crippen LogP) is 3.21. The molecule has 8 heteroatoms. The Morgan fingerprint density at radius 1 is 1.21 bits per heavy atom. The smallest absolute Gasteiger partial charge is 0.191 e. The first kappa shape index (κ1) is 25.2. The van der Waals surface area contributed by atoms with Crippen molar-refractivity contribution in [2.75, 3.05) is 26.5 Å². The number of nitrogens with one attached hydrogen (secondary N) is 2. The first-order valence-corrected chi connectivity index (χ1v) is 11.4. The molecule has 2 unspecified atom stereocenters. The average Bonchev–Trinajstić information content (AvgIpc) is 2.61. The summed E-state index contributed by atoms with van der Waals surface area (Å²) in [5, 5.41) is 6.70. The molecule has 6 nitrogen and oxygen atoms in total. The summed E-state index contributed by atoms with van der Waals surface area (Å²) < 4.78 is 29.1. The molecule has 28 heavy (non-hydrogen) atoms. The summed E-state index contributed by atoms with van der Waals surface area (Å²) >= 11 is 0. The number of nitrogens with zero attached hydrogens (tertiary/aromatic N) is 1. The van der Waals surface area contributed by atoms with Gasteiger partial charge in [0.25, 0.3) is 0 Å². The van der Waals surface area contributed by atoms with Crippen molar-refractivity contribution in [2.24, 2.45) is 16.3 Å². The van der Waals surface area contributed by atoms with Crippen molar-refractivity contribution in [3.63, 3.8) is 0 Å². The van der Waals surface area contributed by atoms with Gasteiger partial charge in [0.1, 0.15) is 0 Å². The second-order valence-corrected chi connectivity index (χ2v) is 10.3. The van der Waals surface area contributed by atoms with Crippen molar-refractivity contribution >= 4 is 39.8 Å². The van der Waals surface area contributed by atoms with Crippen molar-refractivity contribution in [2.45, 2.75) is 51.2 Å². The molecule has 0 aliphatic carbocycles. The normalized spacial score (nSPS) is 21.0. The maximum Gasteiger partial charge on any atom is 0.191 e. The first-order chi connectivity index (χ1) is 12.6. The molecule has 0 aromatic heterocycles. The summed E-state index contributed by atoms with van der Waals surface area (Å²) in [6.45, 7) is 8.91. The van der Waals surface area contributed by atoms with Gasteiger partial charge >= 0.3 is 0 Å². The molecule has 0 saturated carbocycles. The zero-order valence-corrected chi connectivity index (χ0v) is 20.6. The Kier molecular flexibility index (Phi) is 9.69. The Labute approximate surface area is 186 Å². The van der Waals surface area contributed by atoms with Gasteiger partial charge in [0.2, 0.25) is 0 Å². The van der Waals surface area contributed by atoms with Crippen molar-refractivity contribution in [3.8, 4) is 0 Å². The lowest BCUT2D eigenvalue weighted by Gasteiger charge is -2.40. The van der Waals surface area contributed by atoms with Crippen LogP contribution in [0.5, 0.6) is 0 Å². The molecule has 1 fully saturated rings. The minimum Gasteiger partial charge on any atom is -0.377 e. The van der Waals surface area contributed by atoms with Gasteiger partial charge in [0, 0.05) is 38.9 Å². The predicted molar refractivity (Wildman–Crippen MR) is 125 cm³/mol. The molecule has 2 atom stereocenters. The lowest BCUT2D eigenvalue weighted by Crippen LogP contribution is -2.47. The Balaban J connectivity index is 0.00000392. The van der Waals surface area contributed by atoms with Crippen LogP contribution in [0.25, 0.3) is 0 Å². The summed E-state index contributed by atoms with van der Waals surface area (Å²) in [5.41, 5.74) is 1.12. The SMILES string of the molecule is CN=C(NCc1ccc(S(C)(=O)=O)cc1)NCC1CCCOC1C(C)(C)C.I. The van der Waals surface area contributed by atoms with Crippen LogP contribution in [0.4, 0.5) is 0 Å². The van der Waals surface area contributed by atoms with Crippen LogP contribution in [0.2, 0.25) is 0 Å². The lowest BCUT2D eigenvalue weighted by molar-refractivity contribution is -0.0835. The van der Waals surface area contributed by atoms with E-state index in [-0.39, 0.29) is 35.5 Å². The van der Waals surface area contributed by atoms with Gasteiger partial charge in [0.05, 0.1) is 11.0 Å². The molecule has 1 aliphatic rings. The zero-order chi connectivity index (χ0) is 20.1. The third-order valence-electron chi connectivity index (χ3n) is 4.87. The van der Waals surface area contributed by atoms with Crippen LogP contribution in [0, 0.1) is 11.3 Å². The van der Waals surface area contributed by atoms with E-state index in [9.17, 15) is 8.42 Å². The molecule has 2 N–H and O–H groups in total. The first-order valence-electron chi connectivity index (χ1n) is 9.46. The van der Waals surface area contributed by atoms with E-state index in [2.05, 4.69) is 36.4 Å². The van der Waals surface area contributed by atoms with Gasteiger partial charge in [-0.05, 0) is 36.0 Å². The molecule has 1 aromatic rings. The van der Waals surface area contributed by atoms with E-state index >= 15 is 0 Å². The van der Waals surface area contributed by atoms with Gasteiger partial charge in [-0.15, -0.1) is 24.0 Å². The second-order valence-electron chi connectivity index (χ2n) is 8.28. The third kappa shape index (κ3) is 7.51. The van der Waals surface area contributed by atoms with E-state index in [0.717, 1.165) is 37.5 Å². The van der Waals surface area contributed by atoms with Gasteiger partial charge in [-0.3, -0.25) is 4.99 Å². The number of benzene rings is 1. The maximum absolute atomic E-state index is 11.5. The zero-order valence-electron chi connectivity index (χ0n) is 17.5. The number of hydrogen-bond donors (Lipinski definition) is 2. The summed E-state index contributed by atoms with van der Waals surface area (Å²) in [6, 6.07) is 6.91. The van der Waals surface area contributed by atoms with E-state index in [4.69, 9.17) is 4.74 Å². The fourth-order valence-electron chi connectivity index (χ4n) is 3.50. The number of hydrogen-bond acceptors (Lipinski definition) is 4. The van der Waals surface area contributed by atoms with Gasteiger partial charge in [-0.2, -0.15) is 0 Å². The molecule has 1 aliphatic heterocycles. The molecule has 160 valence electrons. The van der Waals surface area contributed by atoms with Crippen molar-refractivity contribution in [1.82, 2.24) is 10.6 Å². The molecule has 1 heterocycles. The van der Waals surface area contributed by atoms with E-state index < -0.39 is 9.84 Å². The van der Waals surface area contributed by atoms with Crippen molar-refractivity contribution < 1.29 is 13.2 Å². The average molecular weight is 523 g/mol. The molecule has 2 rings (SSSR count). The number of halogens is 1. The van der Waals surface area contributed by atoms with Crippen LogP contribution in [-0.2, 0) is 21.1 Å². The minimum atomic E-state index is -3.16. The monoisotopic (exact) mass is 523 g/mol.